The molecular formula is C14H14BrN3S2. The van der Waals surface area contributed by atoms with Crippen molar-refractivity contribution < 1.29 is 0 Å². The number of thiophene rings is 2. The van der Waals surface area contributed by atoms with Crippen LogP contribution in [0.15, 0.2) is 22.0 Å². The van der Waals surface area contributed by atoms with Crippen LogP contribution in [0.4, 0.5) is 5.82 Å². The van der Waals surface area contributed by atoms with Crippen molar-refractivity contribution in [2.75, 3.05) is 11.9 Å². The summed E-state index contributed by atoms with van der Waals surface area (Å²) in [7, 11) is 0. The molecule has 3 heterocycles. The SMILES string of the molecule is CCCNc1nc(-c2ccc(Br)s2)nc2sc(C)cc12. The molecule has 1 N–H and O–H groups in total. The van der Waals surface area contributed by atoms with E-state index in [1.165, 1.54) is 4.88 Å². The summed E-state index contributed by atoms with van der Waals surface area (Å²) in [5, 5.41) is 4.54. The minimum absolute atomic E-state index is 0.800. The van der Waals surface area contributed by atoms with Gasteiger partial charge in [-0.2, -0.15) is 0 Å². The third-order valence-corrected chi connectivity index (χ3v) is 5.42. The van der Waals surface area contributed by atoms with Gasteiger partial charge in [0.1, 0.15) is 10.6 Å². The highest BCUT2D eigenvalue weighted by atomic mass is 79.9. The summed E-state index contributed by atoms with van der Waals surface area (Å²) in [5.41, 5.74) is 0. The van der Waals surface area contributed by atoms with E-state index in [4.69, 9.17) is 9.97 Å². The summed E-state index contributed by atoms with van der Waals surface area (Å²) < 4.78 is 1.10. The molecule has 3 aromatic heterocycles. The molecule has 0 aliphatic rings. The van der Waals surface area contributed by atoms with Crippen LogP contribution in [0.3, 0.4) is 0 Å². The van der Waals surface area contributed by atoms with Crippen molar-refractivity contribution in [3.63, 3.8) is 0 Å². The molecule has 0 atom stereocenters. The van der Waals surface area contributed by atoms with E-state index in [9.17, 15) is 0 Å². The molecule has 0 amide bonds. The second kappa shape index (κ2) is 5.79. The molecule has 0 bridgehead atoms. The Labute approximate surface area is 134 Å². The van der Waals surface area contributed by atoms with Gasteiger partial charge in [0, 0.05) is 11.4 Å². The minimum atomic E-state index is 0.800. The molecule has 3 nitrogen and oxygen atoms in total. The van der Waals surface area contributed by atoms with E-state index < -0.39 is 0 Å². The molecule has 0 saturated heterocycles. The number of halogens is 1. The summed E-state index contributed by atoms with van der Waals surface area (Å²) >= 11 is 6.87. The highest BCUT2D eigenvalue weighted by Crippen LogP contribution is 2.34. The van der Waals surface area contributed by atoms with Gasteiger partial charge in [-0.25, -0.2) is 9.97 Å². The van der Waals surface area contributed by atoms with Crippen LogP contribution in [-0.4, -0.2) is 16.5 Å². The van der Waals surface area contributed by atoms with Gasteiger partial charge in [0.05, 0.1) is 14.0 Å². The Hall–Kier alpha value is -0.980. The summed E-state index contributed by atoms with van der Waals surface area (Å²) in [6.07, 6.45) is 1.08. The van der Waals surface area contributed by atoms with Crippen LogP contribution in [0.2, 0.25) is 0 Å². The largest absolute Gasteiger partial charge is 0.369 e. The average Bonchev–Trinajstić information content (AvgIpc) is 3.00. The van der Waals surface area contributed by atoms with E-state index in [2.05, 4.69) is 47.2 Å². The van der Waals surface area contributed by atoms with E-state index in [1.54, 1.807) is 22.7 Å². The highest BCUT2D eigenvalue weighted by Gasteiger charge is 2.12. The normalized spacial score (nSPS) is 11.2. The summed E-state index contributed by atoms with van der Waals surface area (Å²) in [6.45, 7) is 5.19. The van der Waals surface area contributed by atoms with Crippen molar-refractivity contribution in [3.8, 4) is 10.7 Å². The molecule has 0 saturated carbocycles. The Morgan fingerprint density at radius 3 is 2.80 bits per heavy atom. The number of hydrogen-bond acceptors (Lipinski definition) is 5. The van der Waals surface area contributed by atoms with Crippen LogP contribution < -0.4 is 5.32 Å². The lowest BCUT2D eigenvalue weighted by Gasteiger charge is -2.06. The van der Waals surface area contributed by atoms with E-state index in [1.807, 2.05) is 6.07 Å². The van der Waals surface area contributed by atoms with Crippen molar-refractivity contribution in [3.05, 3.63) is 26.9 Å². The quantitative estimate of drug-likeness (QED) is 0.678. The van der Waals surface area contributed by atoms with Crippen LogP contribution in [0.1, 0.15) is 18.2 Å². The van der Waals surface area contributed by atoms with Crippen LogP contribution in [0.25, 0.3) is 20.9 Å². The van der Waals surface area contributed by atoms with Crippen molar-refractivity contribution in [2.24, 2.45) is 0 Å². The average molecular weight is 368 g/mol. The van der Waals surface area contributed by atoms with Crippen LogP contribution >= 0.6 is 38.6 Å². The van der Waals surface area contributed by atoms with Gasteiger partial charge in [0.2, 0.25) is 0 Å². The number of aromatic nitrogens is 2. The second-order valence-corrected chi connectivity index (χ2v) is 8.20. The van der Waals surface area contributed by atoms with E-state index in [0.717, 1.165) is 43.5 Å². The fraction of sp³-hybridized carbons (Fsp3) is 0.286. The predicted octanol–water partition coefficient (Wildman–Crippen LogP) is 5.31. The van der Waals surface area contributed by atoms with Crippen molar-refractivity contribution in [1.82, 2.24) is 9.97 Å². The van der Waals surface area contributed by atoms with Gasteiger partial charge in [-0.15, -0.1) is 22.7 Å². The molecule has 0 fully saturated rings. The number of aryl methyl sites for hydroxylation is 1. The number of nitrogens with zero attached hydrogens (tertiary/aromatic N) is 2. The van der Waals surface area contributed by atoms with Gasteiger partial charge < -0.3 is 5.32 Å². The maximum Gasteiger partial charge on any atom is 0.173 e. The Morgan fingerprint density at radius 2 is 2.10 bits per heavy atom. The summed E-state index contributed by atoms with van der Waals surface area (Å²) in [6, 6.07) is 6.25. The molecule has 0 spiro atoms. The van der Waals surface area contributed by atoms with Crippen molar-refractivity contribution in [2.45, 2.75) is 20.3 Å². The highest BCUT2D eigenvalue weighted by molar-refractivity contribution is 9.11. The topological polar surface area (TPSA) is 37.8 Å². The Balaban J connectivity index is 2.13. The van der Waals surface area contributed by atoms with Crippen LogP contribution in [-0.2, 0) is 0 Å². The molecule has 104 valence electrons. The monoisotopic (exact) mass is 367 g/mol. The predicted molar refractivity (Wildman–Crippen MR) is 91.9 cm³/mol. The van der Waals surface area contributed by atoms with Crippen molar-refractivity contribution >= 4 is 54.6 Å². The first kappa shape index (κ1) is 14.0. The number of hydrogen-bond donors (Lipinski definition) is 1. The summed E-state index contributed by atoms with van der Waals surface area (Å²) in [4.78, 5) is 12.8. The third kappa shape index (κ3) is 2.73. The maximum atomic E-state index is 4.71. The van der Waals surface area contributed by atoms with Gasteiger partial charge >= 0.3 is 0 Å². The van der Waals surface area contributed by atoms with E-state index >= 15 is 0 Å². The number of rotatable bonds is 4. The van der Waals surface area contributed by atoms with Gasteiger partial charge in [-0.1, -0.05) is 6.92 Å². The maximum absolute atomic E-state index is 4.71. The molecule has 3 aromatic rings. The molecule has 6 heteroatoms. The van der Waals surface area contributed by atoms with Gasteiger partial charge in [0.25, 0.3) is 0 Å². The zero-order valence-electron chi connectivity index (χ0n) is 11.2. The molecule has 0 aromatic carbocycles. The van der Waals surface area contributed by atoms with Gasteiger partial charge in [-0.3, -0.25) is 0 Å². The zero-order valence-corrected chi connectivity index (χ0v) is 14.5. The fourth-order valence-electron chi connectivity index (χ4n) is 1.96. The third-order valence-electron chi connectivity index (χ3n) is 2.85. The summed E-state index contributed by atoms with van der Waals surface area (Å²) in [5.74, 6) is 1.74. The molecule has 0 aliphatic heterocycles. The van der Waals surface area contributed by atoms with E-state index in [0.29, 0.717) is 0 Å². The standard InChI is InChI=1S/C14H14BrN3S2/c1-3-6-16-12-9-7-8(2)19-14(9)18-13(17-12)10-4-5-11(15)20-10/h4-5,7H,3,6H2,1-2H3,(H,16,17,18). The lowest BCUT2D eigenvalue weighted by Crippen LogP contribution is -2.03. The number of anilines is 1. The molecule has 3 rings (SSSR count). The van der Waals surface area contributed by atoms with Crippen LogP contribution in [0.5, 0.6) is 0 Å². The van der Waals surface area contributed by atoms with Crippen molar-refractivity contribution in [1.29, 1.82) is 0 Å². The van der Waals surface area contributed by atoms with Crippen LogP contribution in [0, 0.1) is 6.92 Å². The molecule has 0 unspecified atom stereocenters. The lowest BCUT2D eigenvalue weighted by molar-refractivity contribution is 0.971. The van der Waals surface area contributed by atoms with E-state index in [-0.39, 0.29) is 0 Å². The fourth-order valence-corrected chi connectivity index (χ4v) is 4.16. The first-order valence-electron chi connectivity index (χ1n) is 6.45. The number of nitrogens with one attached hydrogen (secondary N) is 1. The number of fused-ring (bicyclic) bond motifs is 1. The zero-order chi connectivity index (χ0) is 14.1. The first-order valence-corrected chi connectivity index (χ1v) is 8.87. The Kier molecular flexibility index (Phi) is 4.05. The Bertz CT molecular complexity index is 748. The van der Waals surface area contributed by atoms with Gasteiger partial charge in [-0.05, 0) is 47.5 Å². The smallest absolute Gasteiger partial charge is 0.173 e. The van der Waals surface area contributed by atoms with Gasteiger partial charge in [0.15, 0.2) is 5.82 Å². The molecule has 0 radical (unpaired) electrons. The molecular weight excluding hydrogens is 354 g/mol. The lowest BCUT2D eigenvalue weighted by atomic mass is 10.3. The minimum Gasteiger partial charge on any atom is -0.369 e. The first-order chi connectivity index (χ1) is 9.67. The molecule has 0 aliphatic carbocycles. The second-order valence-electron chi connectivity index (χ2n) is 4.50. The Morgan fingerprint density at radius 1 is 1.25 bits per heavy atom. The molecule has 20 heavy (non-hydrogen) atoms.